The van der Waals surface area contributed by atoms with Gasteiger partial charge in [0.2, 0.25) is 5.91 Å². The van der Waals surface area contributed by atoms with Crippen molar-refractivity contribution in [3.05, 3.63) is 65.7 Å². The Morgan fingerprint density at radius 2 is 1.84 bits per heavy atom. The lowest BCUT2D eigenvalue weighted by atomic mass is 10.1. The molecule has 1 aliphatic heterocycles. The molecule has 3 rings (SSSR count). The Labute approximate surface area is 148 Å². The van der Waals surface area contributed by atoms with Gasteiger partial charge in [0.05, 0.1) is 6.04 Å². The molecule has 2 aromatic carbocycles. The van der Waals surface area contributed by atoms with Crippen molar-refractivity contribution in [2.45, 2.75) is 32.4 Å². The van der Waals surface area contributed by atoms with Gasteiger partial charge in [0, 0.05) is 25.2 Å². The molecule has 0 aliphatic carbocycles. The number of carbonyl (C=O) groups is 2. The van der Waals surface area contributed by atoms with Crippen molar-refractivity contribution in [2.24, 2.45) is 0 Å². The molecule has 0 aromatic heterocycles. The number of nitrogens with zero attached hydrogens (tertiary/aromatic N) is 1. The standard InChI is InChI=1S/C20H23N3O2/c1-15(17-6-3-2-4-7-17)22-20(25)21-14-16-9-11-18(12-10-16)23-13-5-8-19(23)24/h2-4,6-7,9-12,15H,5,8,13-14H2,1H3,(H2,21,22,25)/t15-/m0/s1. The normalized spacial score (nSPS) is 15.1. The van der Waals surface area contributed by atoms with Gasteiger partial charge >= 0.3 is 6.03 Å². The van der Waals surface area contributed by atoms with E-state index < -0.39 is 0 Å². The maximum atomic E-state index is 12.0. The summed E-state index contributed by atoms with van der Waals surface area (Å²) in [5.74, 6) is 0.181. The number of urea groups is 1. The SMILES string of the molecule is C[C@H](NC(=O)NCc1ccc(N2CCCC2=O)cc1)c1ccccc1. The predicted molar refractivity (Wildman–Crippen MR) is 98.3 cm³/mol. The summed E-state index contributed by atoms with van der Waals surface area (Å²) in [6.45, 7) is 3.19. The third-order valence-corrected chi connectivity index (χ3v) is 4.42. The number of benzene rings is 2. The molecule has 1 aliphatic rings. The Balaban J connectivity index is 1.49. The van der Waals surface area contributed by atoms with E-state index in [1.54, 1.807) is 0 Å². The molecule has 5 nitrogen and oxygen atoms in total. The minimum atomic E-state index is -0.199. The molecule has 1 atom stereocenters. The van der Waals surface area contributed by atoms with Crippen molar-refractivity contribution in [2.75, 3.05) is 11.4 Å². The highest BCUT2D eigenvalue weighted by Crippen LogP contribution is 2.21. The van der Waals surface area contributed by atoms with Crippen LogP contribution in [0.5, 0.6) is 0 Å². The van der Waals surface area contributed by atoms with Gasteiger partial charge in [0.1, 0.15) is 0 Å². The smallest absolute Gasteiger partial charge is 0.315 e. The first-order valence-electron chi connectivity index (χ1n) is 8.62. The molecular weight excluding hydrogens is 314 g/mol. The van der Waals surface area contributed by atoms with E-state index in [1.807, 2.05) is 66.4 Å². The van der Waals surface area contributed by atoms with Crippen molar-refractivity contribution in [3.63, 3.8) is 0 Å². The Kier molecular flexibility index (Phi) is 5.33. The Morgan fingerprint density at radius 3 is 2.48 bits per heavy atom. The number of rotatable bonds is 5. The molecule has 2 aromatic rings. The van der Waals surface area contributed by atoms with E-state index in [0.29, 0.717) is 13.0 Å². The highest BCUT2D eigenvalue weighted by Gasteiger charge is 2.21. The zero-order valence-corrected chi connectivity index (χ0v) is 14.4. The lowest BCUT2D eigenvalue weighted by Crippen LogP contribution is -2.36. The van der Waals surface area contributed by atoms with Gasteiger partial charge < -0.3 is 15.5 Å². The molecule has 130 valence electrons. The number of hydrogen-bond donors (Lipinski definition) is 2. The molecule has 5 heteroatoms. The number of nitrogens with one attached hydrogen (secondary N) is 2. The van der Waals surface area contributed by atoms with Crippen LogP contribution in [-0.4, -0.2) is 18.5 Å². The summed E-state index contributed by atoms with van der Waals surface area (Å²) >= 11 is 0. The molecule has 0 unspecified atom stereocenters. The van der Waals surface area contributed by atoms with E-state index in [2.05, 4.69) is 10.6 Å². The van der Waals surface area contributed by atoms with Crippen LogP contribution in [0.3, 0.4) is 0 Å². The van der Waals surface area contributed by atoms with Crippen LogP contribution >= 0.6 is 0 Å². The zero-order chi connectivity index (χ0) is 17.6. The molecule has 0 saturated carbocycles. The van der Waals surface area contributed by atoms with Gasteiger partial charge in [-0.25, -0.2) is 4.79 Å². The Morgan fingerprint density at radius 1 is 1.12 bits per heavy atom. The van der Waals surface area contributed by atoms with Crippen molar-refractivity contribution < 1.29 is 9.59 Å². The molecule has 2 N–H and O–H groups in total. The highest BCUT2D eigenvalue weighted by atomic mass is 16.2. The minimum absolute atomic E-state index is 0.0512. The van der Waals surface area contributed by atoms with Crippen molar-refractivity contribution >= 4 is 17.6 Å². The summed E-state index contributed by atoms with van der Waals surface area (Å²) in [7, 11) is 0. The molecular formula is C20H23N3O2. The molecule has 1 heterocycles. The van der Waals surface area contributed by atoms with Crippen LogP contribution in [0.4, 0.5) is 10.5 Å². The van der Waals surface area contributed by atoms with E-state index in [9.17, 15) is 9.59 Å². The quantitative estimate of drug-likeness (QED) is 0.879. The van der Waals surface area contributed by atoms with Crippen LogP contribution in [0.15, 0.2) is 54.6 Å². The molecule has 1 saturated heterocycles. The van der Waals surface area contributed by atoms with Crippen LogP contribution in [-0.2, 0) is 11.3 Å². The molecule has 25 heavy (non-hydrogen) atoms. The number of carbonyl (C=O) groups excluding carboxylic acids is 2. The minimum Gasteiger partial charge on any atom is -0.334 e. The second-order valence-corrected chi connectivity index (χ2v) is 6.27. The van der Waals surface area contributed by atoms with Gasteiger partial charge in [0.25, 0.3) is 0 Å². The van der Waals surface area contributed by atoms with Crippen molar-refractivity contribution in [3.8, 4) is 0 Å². The molecule has 0 radical (unpaired) electrons. The lowest BCUT2D eigenvalue weighted by Gasteiger charge is -2.17. The predicted octanol–water partition coefficient (Wildman–Crippen LogP) is 3.37. The highest BCUT2D eigenvalue weighted by molar-refractivity contribution is 5.95. The number of amides is 3. The first-order chi connectivity index (χ1) is 12.1. The van der Waals surface area contributed by atoms with Gasteiger partial charge in [-0.15, -0.1) is 0 Å². The summed E-state index contributed by atoms with van der Waals surface area (Å²) in [5, 5.41) is 5.79. The summed E-state index contributed by atoms with van der Waals surface area (Å²) in [6.07, 6.45) is 1.55. The van der Waals surface area contributed by atoms with E-state index >= 15 is 0 Å². The van der Waals surface area contributed by atoms with E-state index in [4.69, 9.17) is 0 Å². The van der Waals surface area contributed by atoms with Crippen LogP contribution in [0.25, 0.3) is 0 Å². The van der Waals surface area contributed by atoms with Gasteiger partial charge in [-0.05, 0) is 36.6 Å². The topological polar surface area (TPSA) is 61.4 Å². The summed E-state index contributed by atoms with van der Waals surface area (Å²) < 4.78 is 0. The average Bonchev–Trinajstić information content (AvgIpc) is 3.07. The fourth-order valence-corrected chi connectivity index (χ4v) is 2.97. The van der Waals surface area contributed by atoms with Gasteiger partial charge in [-0.3, -0.25) is 4.79 Å². The largest absolute Gasteiger partial charge is 0.334 e. The Bertz CT molecular complexity index is 728. The number of anilines is 1. The lowest BCUT2D eigenvalue weighted by molar-refractivity contribution is -0.117. The van der Waals surface area contributed by atoms with Gasteiger partial charge in [0.15, 0.2) is 0 Å². The molecule has 3 amide bonds. The molecule has 0 spiro atoms. The average molecular weight is 337 g/mol. The van der Waals surface area contributed by atoms with Crippen molar-refractivity contribution in [1.82, 2.24) is 10.6 Å². The maximum Gasteiger partial charge on any atom is 0.315 e. The second-order valence-electron chi connectivity index (χ2n) is 6.27. The second kappa shape index (κ2) is 7.83. The maximum absolute atomic E-state index is 12.0. The summed E-state index contributed by atoms with van der Waals surface area (Å²) in [6, 6.07) is 17.4. The van der Waals surface area contributed by atoms with Crippen LogP contribution < -0.4 is 15.5 Å². The third-order valence-electron chi connectivity index (χ3n) is 4.42. The first kappa shape index (κ1) is 17.0. The van der Waals surface area contributed by atoms with E-state index in [1.165, 1.54) is 0 Å². The molecule has 1 fully saturated rings. The fourth-order valence-electron chi connectivity index (χ4n) is 2.97. The first-order valence-corrected chi connectivity index (χ1v) is 8.62. The van der Waals surface area contributed by atoms with Crippen LogP contribution in [0, 0.1) is 0 Å². The van der Waals surface area contributed by atoms with Crippen LogP contribution in [0.1, 0.15) is 36.9 Å². The fraction of sp³-hybridized carbons (Fsp3) is 0.300. The van der Waals surface area contributed by atoms with Gasteiger partial charge in [-0.2, -0.15) is 0 Å². The van der Waals surface area contributed by atoms with E-state index in [-0.39, 0.29) is 18.0 Å². The van der Waals surface area contributed by atoms with E-state index in [0.717, 1.165) is 29.8 Å². The Hall–Kier alpha value is -2.82. The summed E-state index contributed by atoms with van der Waals surface area (Å²) in [5.41, 5.74) is 2.99. The van der Waals surface area contributed by atoms with Crippen LogP contribution in [0.2, 0.25) is 0 Å². The third kappa shape index (κ3) is 4.38. The zero-order valence-electron chi connectivity index (χ0n) is 14.4. The summed E-state index contributed by atoms with van der Waals surface area (Å²) in [4.78, 5) is 25.6. The monoisotopic (exact) mass is 337 g/mol. The van der Waals surface area contributed by atoms with Gasteiger partial charge in [-0.1, -0.05) is 42.5 Å². The van der Waals surface area contributed by atoms with Crippen molar-refractivity contribution in [1.29, 1.82) is 0 Å². The molecule has 0 bridgehead atoms. The number of hydrogen-bond acceptors (Lipinski definition) is 2.